The third-order valence-corrected chi connectivity index (χ3v) is 4.61. The van der Waals surface area contributed by atoms with Crippen LogP contribution in [0.2, 0.25) is 0 Å². The van der Waals surface area contributed by atoms with Crippen LogP contribution in [-0.4, -0.2) is 10.2 Å². The molecule has 2 aromatic rings. The lowest BCUT2D eigenvalue weighted by atomic mass is 9.92. The molecular weight excluding hydrogens is 300 g/mol. The van der Waals surface area contributed by atoms with Crippen LogP contribution in [0.4, 0.5) is 0 Å². The molecule has 0 fully saturated rings. The van der Waals surface area contributed by atoms with Crippen molar-refractivity contribution in [2.75, 3.05) is 0 Å². The molecule has 17 heavy (non-hydrogen) atoms. The Bertz CT molecular complexity index is 502. The molecule has 0 aliphatic heterocycles. The number of phenols is 1. The van der Waals surface area contributed by atoms with E-state index in [1.165, 1.54) is 0 Å². The molecule has 0 aliphatic carbocycles. The first-order valence-corrected chi connectivity index (χ1v) is 6.90. The zero-order chi connectivity index (χ0) is 12.5. The lowest BCUT2D eigenvalue weighted by Gasteiger charge is -2.23. The third kappa shape index (κ3) is 2.89. The van der Waals surface area contributed by atoms with Crippen molar-refractivity contribution in [1.82, 2.24) is 0 Å². The summed E-state index contributed by atoms with van der Waals surface area (Å²) in [5, 5.41) is 21.7. The number of hydrogen-bond acceptors (Lipinski definition) is 3. The van der Waals surface area contributed by atoms with E-state index in [1.54, 1.807) is 42.5 Å². The fraction of sp³-hybridized carbons (Fsp3) is 0.231. The van der Waals surface area contributed by atoms with Crippen molar-refractivity contribution in [3.63, 3.8) is 0 Å². The molecule has 2 rings (SSSR count). The van der Waals surface area contributed by atoms with E-state index < -0.39 is 5.60 Å². The van der Waals surface area contributed by atoms with Crippen molar-refractivity contribution in [1.29, 1.82) is 0 Å². The summed E-state index contributed by atoms with van der Waals surface area (Å²) in [7, 11) is 0. The molecule has 0 aliphatic rings. The monoisotopic (exact) mass is 312 g/mol. The quantitative estimate of drug-likeness (QED) is 0.908. The van der Waals surface area contributed by atoms with Crippen LogP contribution in [0.1, 0.15) is 17.4 Å². The van der Waals surface area contributed by atoms with Gasteiger partial charge in [0.15, 0.2) is 0 Å². The van der Waals surface area contributed by atoms with Gasteiger partial charge in [-0.3, -0.25) is 0 Å². The fourth-order valence-corrected chi connectivity index (χ4v) is 3.33. The molecular formula is C13H13BrO2S. The Labute approximate surface area is 113 Å². The summed E-state index contributed by atoms with van der Waals surface area (Å²) in [6.07, 6.45) is 0.552. The first-order chi connectivity index (χ1) is 7.99. The van der Waals surface area contributed by atoms with Gasteiger partial charge in [-0.1, -0.05) is 12.1 Å². The molecule has 0 bridgehead atoms. The van der Waals surface area contributed by atoms with Gasteiger partial charge in [0, 0.05) is 15.8 Å². The van der Waals surface area contributed by atoms with Gasteiger partial charge in [0.2, 0.25) is 0 Å². The first kappa shape index (κ1) is 12.6. The fourth-order valence-electron chi connectivity index (χ4n) is 1.69. The summed E-state index contributed by atoms with van der Waals surface area (Å²) in [5.41, 5.74) is -0.128. The Morgan fingerprint density at radius 2 is 1.88 bits per heavy atom. The van der Waals surface area contributed by atoms with Crippen LogP contribution in [0.3, 0.4) is 0 Å². The van der Waals surface area contributed by atoms with Gasteiger partial charge >= 0.3 is 0 Å². The minimum absolute atomic E-state index is 0.210. The molecule has 0 saturated heterocycles. The van der Waals surface area contributed by atoms with E-state index in [0.29, 0.717) is 6.42 Å². The third-order valence-electron chi connectivity index (χ3n) is 2.69. The van der Waals surface area contributed by atoms with Crippen LogP contribution in [0.15, 0.2) is 40.2 Å². The molecule has 0 spiro atoms. The van der Waals surface area contributed by atoms with Gasteiger partial charge in [-0.2, -0.15) is 0 Å². The summed E-state index contributed by atoms with van der Waals surface area (Å²) < 4.78 is 1.03. The van der Waals surface area contributed by atoms with E-state index in [9.17, 15) is 10.2 Å². The number of rotatable bonds is 3. The number of aromatic hydroxyl groups is 1. The van der Waals surface area contributed by atoms with Crippen LogP contribution in [-0.2, 0) is 12.0 Å². The Morgan fingerprint density at radius 3 is 2.41 bits per heavy atom. The van der Waals surface area contributed by atoms with Crippen LogP contribution in [0.25, 0.3) is 0 Å². The summed E-state index contributed by atoms with van der Waals surface area (Å²) >= 11 is 5.08. The molecule has 0 radical (unpaired) electrons. The van der Waals surface area contributed by atoms with E-state index in [0.717, 1.165) is 14.9 Å². The average molecular weight is 313 g/mol. The number of thiophene rings is 1. The van der Waals surface area contributed by atoms with Crippen LogP contribution < -0.4 is 0 Å². The maximum atomic E-state index is 10.5. The standard InChI is InChI=1S/C13H13BrO2S/c1-13(16,8-12-11(14)6-7-17-12)9-2-4-10(15)5-3-9/h2-7,15-16H,8H2,1H3. The normalized spacial score (nSPS) is 14.5. The number of halogens is 1. The van der Waals surface area contributed by atoms with Crippen molar-refractivity contribution < 1.29 is 10.2 Å². The van der Waals surface area contributed by atoms with Gasteiger partial charge in [-0.05, 0) is 52.0 Å². The van der Waals surface area contributed by atoms with Crippen LogP contribution >= 0.6 is 27.3 Å². The zero-order valence-corrected chi connectivity index (χ0v) is 11.8. The molecule has 4 heteroatoms. The van der Waals surface area contributed by atoms with Crippen molar-refractivity contribution in [2.24, 2.45) is 0 Å². The van der Waals surface area contributed by atoms with E-state index in [1.807, 2.05) is 11.4 Å². The summed E-state index contributed by atoms with van der Waals surface area (Å²) in [6, 6.07) is 8.65. The van der Waals surface area contributed by atoms with E-state index >= 15 is 0 Å². The summed E-state index contributed by atoms with van der Waals surface area (Å²) in [5.74, 6) is 0.210. The number of aliphatic hydroxyl groups is 1. The Morgan fingerprint density at radius 1 is 1.24 bits per heavy atom. The largest absolute Gasteiger partial charge is 0.508 e. The minimum Gasteiger partial charge on any atom is -0.508 e. The SMILES string of the molecule is CC(O)(Cc1sccc1Br)c1ccc(O)cc1. The number of phenolic OH excluding ortho intramolecular Hbond substituents is 1. The lowest BCUT2D eigenvalue weighted by Crippen LogP contribution is -2.23. The van der Waals surface area contributed by atoms with Crippen molar-refractivity contribution in [2.45, 2.75) is 18.9 Å². The second kappa shape index (κ2) is 4.80. The second-order valence-corrected chi connectivity index (χ2v) is 6.04. The highest BCUT2D eigenvalue weighted by Crippen LogP contribution is 2.32. The molecule has 1 aromatic carbocycles. The maximum Gasteiger partial charge on any atom is 0.115 e. The highest BCUT2D eigenvalue weighted by Gasteiger charge is 2.25. The van der Waals surface area contributed by atoms with Gasteiger partial charge in [0.05, 0.1) is 5.60 Å². The summed E-state index contributed by atoms with van der Waals surface area (Å²) in [4.78, 5) is 1.11. The minimum atomic E-state index is -0.929. The molecule has 90 valence electrons. The molecule has 0 saturated carbocycles. The van der Waals surface area contributed by atoms with Crippen LogP contribution in [0, 0.1) is 0 Å². The smallest absolute Gasteiger partial charge is 0.115 e. The lowest BCUT2D eigenvalue weighted by molar-refractivity contribution is 0.0583. The van der Waals surface area contributed by atoms with Gasteiger partial charge in [-0.15, -0.1) is 11.3 Å². The van der Waals surface area contributed by atoms with Crippen molar-refractivity contribution >= 4 is 27.3 Å². The van der Waals surface area contributed by atoms with E-state index in [-0.39, 0.29) is 5.75 Å². The van der Waals surface area contributed by atoms with Gasteiger partial charge in [0.25, 0.3) is 0 Å². The van der Waals surface area contributed by atoms with Crippen molar-refractivity contribution in [3.8, 4) is 5.75 Å². The van der Waals surface area contributed by atoms with E-state index in [4.69, 9.17) is 0 Å². The summed E-state index contributed by atoms with van der Waals surface area (Å²) in [6.45, 7) is 1.78. The van der Waals surface area contributed by atoms with Gasteiger partial charge in [0.1, 0.15) is 5.75 Å². The number of hydrogen-bond donors (Lipinski definition) is 2. The Hall–Kier alpha value is -0.840. The van der Waals surface area contributed by atoms with Crippen LogP contribution in [0.5, 0.6) is 5.75 Å². The molecule has 1 atom stereocenters. The molecule has 2 N–H and O–H groups in total. The molecule has 1 aromatic heterocycles. The second-order valence-electron chi connectivity index (χ2n) is 4.19. The Kier molecular flexibility index (Phi) is 3.56. The average Bonchev–Trinajstić information content (AvgIpc) is 2.64. The maximum absolute atomic E-state index is 10.5. The van der Waals surface area contributed by atoms with Crippen molar-refractivity contribution in [3.05, 3.63) is 50.6 Å². The van der Waals surface area contributed by atoms with E-state index in [2.05, 4.69) is 15.9 Å². The van der Waals surface area contributed by atoms with Gasteiger partial charge in [-0.25, -0.2) is 0 Å². The number of benzene rings is 1. The zero-order valence-electron chi connectivity index (χ0n) is 9.35. The predicted molar refractivity (Wildman–Crippen MR) is 73.4 cm³/mol. The molecule has 1 heterocycles. The Balaban J connectivity index is 2.24. The highest BCUT2D eigenvalue weighted by atomic mass is 79.9. The molecule has 0 amide bonds. The topological polar surface area (TPSA) is 40.5 Å². The highest BCUT2D eigenvalue weighted by molar-refractivity contribution is 9.10. The molecule has 1 unspecified atom stereocenters. The molecule has 2 nitrogen and oxygen atoms in total. The van der Waals surface area contributed by atoms with Gasteiger partial charge < -0.3 is 10.2 Å². The first-order valence-electron chi connectivity index (χ1n) is 5.23. The predicted octanol–water partition coefficient (Wildman–Crippen LogP) is 3.67.